The second kappa shape index (κ2) is 7.53. The zero-order valence-corrected chi connectivity index (χ0v) is 15.9. The molecule has 0 amide bonds. The van der Waals surface area contributed by atoms with Gasteiger partial charge in [-0.25, -0.2) is 9.59 Å². The van der Waals surface area contributed by atoms with Gasteiger partial charge >= 0.3 is 12.1 Å². The fourth-order valence-electron chi connectivity index (χ4n) is 2.58. The van der Waals surface area contributed by atoms with Crippen molar-refractivity contribution in [1.29, 1.82) is 0 Å². The Morgan fingerprint density at radius 1 is 1.32 bits per heavy atom. The van der Waals surface area contributed by atoms with Crippen LogP contribution in [0.4, 0.5) is 4.79 Å². The number of thioether (sulfide) groups is 1. The first-order valence-corrected chi connectivity index (χ1v) is 9.32. The molecule has 2 aliphatic rings. The summed E-state index contributed by atoms with van der Waals surface area (Å²) in [6.45, 7) is 4.12. The summed E-state index contributed by atoms with van der Waals surface area (Å²) in [5.41, 5.74) is 1.02. The van der Waals surface area contributed by atoms with Crippen LogP contribution < -0.4 is 4.74 Å². The topological polar surface area (TPSA) is 71.1 Å². The monoisotopic (exact) mass is 426 g/mol. The summed E-state index contributed by atoms with van der Waals surface area (Å²) < 4.78 is 22.0. The molecule has 3 rings (SSSR count). The van der Waals surface area contributed by atoms with Gasteiger partial charge in [0, 0.05) is 15.4 Å². The van der Waals surface area contributed by atoms with Crippen molar-refractivity contribution < 1.29 is 28.5 Å². The van der Waals surface area contributed by atoms with E-state index in [1.165, 1.54) is 11.8 Å². The molecule has 0 radical (unpaired) electrons. The summed E-state index contributed by atoms with van der Waals surface area (Å²) in [5.74, 6) is -0.393. The first-order chi connectivity index (χ1) is 12.0. The van der Waals surface area contributed by atoms with E-state index in [9.17, 15) is 9.59 Å². The van der Waals surface area contributed by atoms with E-state index in [4.69, 9.17) is 18.9 Å². The average Bonchev–Trinajstić information content (AvgIpc) is 2.57. The van der Waals surface area contributed by atoms with Gasteiger partial charge in [0.1, 0.15) is 17.1 Å². The van der Waals surface area contributed by atoms with E-state index in [-0.39, 0.29) is 6.61 Å². The lowest BCUT2D eigenvalue weighted by Gasteiger charge is -2.31. The molecule has 6 nitrogen and oxygen atoms in total. The molecule has 1 aromatic rings. The normalized spacial score (nSPS) is 18.6. The van der Waals surface area contributed by atoms with Crippen LogP contribution in [0.15, 0.2) is 44.5 Å². The predicted molar refractivity (Wildman–Crippen MR) is 95.0 cm³/mol. The molecule has 0 N–H and O–H groups in total. The zero-order chi connectivity index (χ0) is 18.0. The second-order valence-electron chi connectivity index (χ2n) is 5.06. The first-order valence-electron chi connectivity index (χ1n) is 7.65. The molecule has 8 heteroatoms. The Morgan fingerprint density at radius 2 is 2.12 bits per heavy atom. The minimum atomic E-state index is -0.816. The molecule has 1 atom stereocenters. The van der Waals surface area contributed by atoms with E-state index >= 15 is 0 Å². The van der Waals surface area contributed by atoms with E-state index in [1.54, 1.807) is 24.5 Å². The van der Waals surface area contributed by atoms with E-state index in [0.717, 1.165) is 4.47 Å². The SMILES string of the molecule is CCOC(=O)OC1=CSC(OCC)=C2C(=O)Oc3ccc(Br)cc3C12. The van der Waals surface area contributed by atoms with Crippen LogP contribution in [-0.2, 0) is 19.0 Å². The Labute approximate surface area is 157 Å². The summed E-state index contributed by atoms with van der Waals surface area (Å²) in [5, 5.41) is 2.10. The van der Waals surface area contributed by atoms with Crippen LogP contribution in [0.25, 0.3) is 0 Å². The molecule has 2 heterocycles. The number of benzene rings is 1. The molecule has 0 saturated carbocycles. The fraction of sp³-hybridized carbons (Fsp3) is 0.294. The molecular weight excluding hydrogens is 412 g/mol. The minimum Gasteiger partial charge on any atom is -0.487 e. The summed E-state index contributed by atoms with van der Waals surface area (Å²) in [6.07, 6.45) is -0.816. The largest absolute Gasteiger partial charge is 0.513 e. The average molecular weight is 427 g/mol. The number of fused-ring (bicyclic) bond motifs is 3. The van der Waals surface area contributed by atoms with Crippen molar-refractivity contribution in [3.63, 3.8) is 0 Å². The predicted octanol–water partition coefficient (Wildman–Crippen LogP) is 4.46. The summed E-state index contributed by atoms with van der Waals surface area (Å²) in [7, 11) is 0. The summed E-state index contributed by atoms with van der Waals surface area (Å²) in [6, 6.07) is 5.30. The van der Waals surface area contributed by atoms with Gasteiger partial charge in [-0.15, -0.1) is 0 Å². The van der Waals surface area contributed by atoms with Gasteiger partial charge in [-0.05, 0) is 32.0 Å². The maximum atomic E-state index is 12.5. The fourth-order valence-corrected chi connectivity index (χ4v) is 3.88. The lowest BCUT2D eigenvalue weighted by molar-refractivity contribution is -0.131. The third kappa shape index (κ3) is 3.55. The number of halogens is 1. The van der Waals surface area contributed by atoms with Crippen LogP contribution in [0, 0.1) is 0 Å². The van der Waals surface area contributed by atoms with Gasteiger partial charge in [-0.2, -0.15) is 0 Å². The molecule has 0 aromatic heterocycles. The van der Waals surface area contributed by atoms with Crippen LogP contribution in [-0.4, -0.2) is 25.3 Å². The van der Waals surface area contributed by atoms with Crippen LogP contribution in [0.3, 0.4) is 0 Å². The van der Waals surface area contributed by atoms with Crippen molar-refractivity contribution in [3.8, 4) is 5.75 Å². The lowest BCUT2D eigenvalue weighted by Crippen LogP contribution is -2.29. The minimum absolute atomic E-state index is 0.195. The number of hydrogen-bond acceptors (Lipinski definition) is 7. The highest BCUT2D eigenvalue weighted by atomic mass is 79.9. The standard InChI is InChI=1S/C17H15BrO6S/c1-3-21-16-14-13(12(8-25-16)24-17(20)22-4-2)10-7-9(18)5-6-11(10)23-15(14)19/h5-8,13H,3-4H2,1-2H3. The number of hydrogen-bond donors (Lipinski definition) is 0. The van der Waals surface area contributed by atoms with E-state index in [2.05, 4.69) is 15.9 Å². The van der Waals surface area contributed by atoms with Crippen LogP contribution >= 0.6 is 27.7 Å². The smallest absolute Gasteiger partial charge is 0.487 e. The van der Waals surface area contributed by atoms with Crippen molar-refractivity contribution in [2.24, 2.45) is 0 Å². The molecule has 25 heavy (non-hydrogen) atoms. The molecule has 0 fully saturated rings. The highest BCUT2D eigenvalue weighted by molar-refractivity contribution is 9.10. The second-order valence-corrected chi connectivity index (χ2v) is 6.82. The van der Waals surface area contributed by atoms with E-state index in [0.29, 0.717) is 34.3 Å². The maximum Gasteiger partial charge on any atom is 0.513 e. The highest BCUT2D eigenvalue weighted by Gasteiger charge is 2.42. The number of ether oxygens (including phenoxy) is 4. The molecule has 0 saturated heterocycles. The van der Waals surface area contributed by atoms with Crippen LogP contribution in [0.2, 0.25) is 0 Å². The Kier molecular flexibility index (Phi) is 5.39. The van der Waals surface area contributed by atoms with Gasteiger partial charge in [-0.1, -0.05) is 27.7 Å². The Morgan fingerprint density at radius 3 is 2.84 bits per heavy atom. The maximum absolute atomic E-state index is 12.5. The van der Waals surface area contributed by atoms with Gasteiger partial charge in [0.15, 0.2) is 5.09 Å². The van der Waals surface area contributed by atoms with Crippen molar-refractivity contribution in [2.45, 2.75) is 19.8 Å². The van der Waals surface area contributed by atoms with Gasteiger partial charge < -0.3 is 18.9 Å². The van der Waals surface area contributed by atoms with Gasteiger partial charge in [0.05, 0.1) is 19.1 Å². The molecule has 0 aliphatic carbocycles. The number of rotatable bonds is 4. The third-order valence-corrected chi connectivity index (χ3v) is 4.91. The first kappa shape index (κ1) is 17.9. The van der Waals surface area contributed by atoms with Crippen molar-refractivity contribution >= 4 is 39.8 Å². The molecule has 1 aromatic carbocycles. The molecule has 2 aliphatic heterocycles. The van der Waals surface area contributed by atoms with Gasteiger partial charge in [-0.3, -0.25) is 0 Å². The number of esters is 1. The van der Waals surface area contributed by atoms with Crippen molar-refractivity contribution in [1.82, 2.24) is 0 Å². The molecule has 0 spiro atoms. The summed E-state index contributed by atoms with van der Waals surface area (Å²) >= 11 is 4.59. The van der Waals surface area contributed by atoms with E-state index in [1.807, 2.05) is 13.0 Å². The number of allylic oxidation sites excluding steroid dienone is 1. The third-order valence-electron chi connectivity index (χ3n) is 3.52. The lowest BCUT2D eigenvalue weighted by atomic mass is 9.87. The zero-order valence-electron chi connectivity index (χ0n) is 13.5. The van der Waals surface area contributed by atoms with E-state index < -0.39 is 18.0 Å². The van der Waals surface area contributed by atoms with Gasteiger partial charge in [0.2, 0.25) is 0 Å². The number of carbonyl (C=O) groups excluding carboxylic acids is 2. The van der Waals surface area contributed by atoms with Crippen LogP contribution in [0.5, 0.6) is 5.75 Å². The highest BCUT2D eigenvalue weighted by Crippen LogP contribution is 2.49. The molecule has 1 unspecified atom stereocenters. The Balaban J connectivity index is 2.08. The van der Waals surface area contributed by atoms with Gasteiger partial charge in [0.25, 0.3) is 0 Å². The quantitative estimate of drug-likeness (QED) is 0.519. The molecular formula is C17H15BrO6S. The molecule has 0 bridgehead atoms. The van der Waals surface area contributed by atoms with Crippen molar-refractivity contribution in [3.05, 3.63) is 50.1 Å². The van der Waals surface area contributed by atoms with Crippen LogP contribution in [0.1, 0.15) is 25.3 Å². The number of carbonyl (C=O) groups is 2. The Bertz CT molecular complexity index is 785. The summed E-state index contributed by atoms with van der Waals surface area (Å²) in [4.78, 5) is 24.3. The Hall–Kier alpha value is -1.93. The van der Waals surface area contributed by atoms with Crippen molar-refractivity contribution in [2.75, 3.05) is 13.2 Å². The molecule has 132 valence electrons.